The fourth-order valence-corrected chi connectivity index (χ4v) is 2.33. The SMILES string of the molecule is CCOC(=O)c1ccc(S(=O)(=O)NCCCCN)o1.Cl. The number of ether oxygens (including phenoxy) is 1. The summed E-state index contributed by atoms with van der Waals surface area (Å²) in [5.74, 6) is -0.823. The average Bonchev–Trinajstić information content (AvgIpc) is 2.85. The molecular formula is C11H19ClN2O5S. The lowest BCUT2D eigenvalue weighted by molar-refractivity contribution is 0.0484. The molecule has 0 saturated heterocycles. The van der Waals surface area contributed by atoms with Crippen molar-refractivity contribution in [3.63, 3.8) is 0 Å². The Balaban J connectivity index is 0.00000361. The number of hydrogen-bond donors (Lipinski definition) is 2. The molecule has 0 fully saturated rings. The number of esters is 1. The molecule has 0 spiro atoms. The minimum Gasteiger partial charge on any atom is -0.460 e. The van der Waals surface area contributed by atoms with E-state index < -0.39 is 16.0 Å². The maximum absolute atomic E-state index is 11.8. The topological polar surface area (TPSA) is 112 Å². The van der Waals surface area contributed by atoms with Gasteiger partial charge in [-0.15, -0.1) is 12.4 Å². The Morgan fingerprint density at radius 2 is 2.10 bits per heavy atom. The summed E-state index contributed by atoms with van der Waals surface area (Å²) < 4.78 is 35.6. The van der Waals surface area contributed by atoms with Crippen molar-refractivity contribution in [3.8, 4) is 0 Å². The van der Waals surface area contributed by atoms with E-state index in [1.165, 1.54) is 12.1 Å². The lowest BCUT2D eigenvalue weighted by Crippen LogP contribution is -2.24. The summed E-state index contributed by atoms with van der Waals surface area (Å²) in [6.45, 7) is 2.63. The highest BCUT2D eigenvalue weighted by Crippen LogP contribution is 2.14. The molecule has 0 bridgehead atoms. The van der Waals surface area contributed by atoms with Gasteiger partial charge in [0.15, 0.2) is 0 Å². The summed E-state index contributed by atoms with van der Waals surface area (Å²) in [6, 6.07) is 2.49. The predicted molar refractivity (Wildman–Crippen MR) is 75.4 cm³/mol. The highest BCUT2D eigenvalue weighted by atomic mass is 35.5. The molecule has 116 valence electrons. The van der Waals surface area contributed by atoms with E-state index in [9.17, 15) is 13.2 Å². The Kier molecular flexibility index (Phi) is 8.47. The second-order valence-electron chi connectivity index (χ2n) is 3.73. The van der Waals surface area contributed by atoms with Gasteiger partial charge in [-0.25, -0.2) is 17.9 Å². The molecule has 0 radical (unpaired) electrons. The fourth-order valence-electron chi connectivity index (χ4n) is 1.32. The summed E-state index contributed by atoms with van der Waals surface area (Å²) >= 11 is 0. The third kappa shape index (κ3) is 5.49. The van der Waals surface area contributed by atoms with Crippen LogP contribution in [0.1, 0.15) is 30.3 Å². The zero-order valence-electron chi connectivity index (χ0n) is 11.1. The molecule has 3 N–H and O–H groups in total. The predicted octanol–water partition coefficient (Wildman–Crippen LogP) is 0.895. The molecule has 0 aliphatic rings. The quantitative estimate of drug-likeness (QED) is 0.542. The van der Waals surface area contributed by atoms with Crippen molar-refractivity contribution >= 4 is 28.4 Å². The Bertz CT molecular complexity index is 515. The molecule has 9 heteroatoms. The molecule has 0 amide bonds. The van der Waals surface area contributed by atoms with E-state index in [-0.39, 0.29) is 36.4 Å². The van der Waals surface area contributed by atoms with Gasteiger partial charge in [-0.05, 0) is 38.4 Å². The zero-order chi connectivity index (χ0) is 14.3. The van der Waals surface area contributed by atoms with Crippen molar-refractivity contribution in [2.45, 2.75) is 24.9 Å². The monoisotopic (exact) mass is 326 g/mol. The molecule has 0 atom stereocenters. The number of unbranched alkanes of at least 4 members (excludes halogenated alkanes) is 1. The Morgan fingerprint density at radius 1 is 1.40 bits per heavy atom. The van der Waals surface area contributed by atoms with Crippen molar-refractivity contribution in [3.05, 3.63) is 17.9 Å². The fraction of sp³-hybridized carbons (Fsp3) is 0.545. The molecule has 0 aromatic carbocycles. The number of halogens is 1. The molecule has 1 heterocycles. The van der Waals surface area contributed by atoms with Crippen LogP contribution in [0.5, 0.6) is 0 Å². The maximum atomic E-state index is 11.8. The number of nitrogens with two attached hydrogens (primary N) is 1. The smallest absolute Gasteiger partial charge is 0.374 e. The van der Waals surface area contributed by atoms with E-state index in [1.54, 1.807) is 6.92 Å². The van der Waals surface area contributed by atoms with Gasteiger partial charge in [0.05, 0.1) is 6.61 Å². The number of rotatable bonds is 8. The normalized spacial score (nSPS) is 10.9. The van der Waals surface area contributed by atoms with E-state index in [1.807, 2.05) is 0 Å². The molecule has 0 aliphatic heterocycles. The van der Waals surface area contributed by atoms with E-state index >= 15 is 0 Å². The maximum Gasteiger partial charge on any atom is 0.374 e. The number of carbonyl (C=O) groups is 1. The zero-order valence-corrected chi connectivity index (χ0v) is 12.8. The number of carbonyl (C=O) groups excluding carboxylic acids is 1. The number of furan rings is 1. The lowest BCUT2D eigenvalue weighted by atomic mass is 10.3. The van der Waals surface area contributed by atoms with Gasteiger partial charge in [-0.3, -0.25) is 0 Å². The van der Waals surface area contributed by atoms with Crippen molar-refractivity contribution in [1.29, 1.82) is 0 Å². The van der Waals surface area contributed by atoms with Gasteiger partial charge in [0.1, 0.15) is 0 Å². The van der Waals surface area contributed by atoms with Crippen LogP contribution in [0.4, 0.5) is 0 Å². The standard InChI is InChI=1S/C11H18N2O5S.ClH/c1-2-17-11(14)9-5-6-10(18-9)19(15,16)13-8-4-3-7-12;/h5-6,13H,2-4,7-8,12H2,1H3;1H. The largest absolute Gasteiger partial charge is 0.460 e. The van der Waals surface area contributed by atoms with Crippen LogP contribution < -0.4 is 10.5 Å². The Hall–Kier alpha value is -1.09. The molecular weight excluding hydrogens is 308 g/mol. The van der Waals surface area contributed by atoms with E-state index in [0.717, 1.165) is 6.42 Å². The van der Waals surface area contributed by atoms with Crippen LogP contribution >= 0.6 is 12.4 Å². The highest BCUT2D eigenvalue weighted by Gasteiger charge is 2.21. The first-order valence-electron chi connectivity index (χ1n) is 5.98. The van der Waals surface area contributed by atoms with E-state index in [0.29, 0.717) is 13.0 Å². The van der Waals surface area contributed by atoms with Crippen LogP contribution in [0.3, 0.4) is 0 Å². The molecule has 0 aliphatic carbocycles. The van der Waals surface area contributed by atoms with Gasteiger partial charge < -0.3 is 14.9 Å². The average molecular weight is 327 g/mol. The summed E-state index contributed by atoms with van der Waals surface area (Å²) in [7, 11) is -3.73. The third-order valence-electron chi connectivity index (χ3n) is 2.25. The molecule has 1 rings (SSSR count). The van der Waals surface area contributed by atoms with Crippen LogP contribution in [0.25, 0.3) is 0 Å². The van der Waals surface area contributed by atoms with Gasteiger partial charge in [-0.1, -0.05) is 0 Å². The van der Waals surface area contributed by atoms with Crippen LogP contribution in [-0.2, 0) is 14.8 Å². The highest BCUT2D eigenvalue weighted by molar-refractivity contribution is 7.89. The first kappa shape index (κ1) is 18.9. The van der Waals surface area contributed by atoms with Crippen molar-refractivity contribution in [1.82, 2.24) is 4.72 Å². The van der Waals surface area contributed by atoms with Gasteiger partial charge in [-0.2, -0.15) is 0 Å². The molecule has 20 heavy (non-hydrogen) atoms. The first-order chi connectivity index (χ1) is 9.01. The second-order valence-corrected chi connectivity index (χ2v) is 5.43. The first-order valence-corrected chi connectivity index (χ1v) is 7.46. The van der Waals surface area contributed by atoms with Gasteiger partial charge in [0, 0.05) is 6.54 Å². The van der Waals surface area contributed by atoms with E-state index in [2.05, 4.69) is 4.72 Å². The van der Waals surface area contributed by atoms with Gasteiger partial charge >= 0.3 is 5.97 Å². The molecule has 1 aromatic rings. The Labute approximate surface area is 124 Å². The summed E-state index contributed by atoms with van der Waals surface area (Å²) in [5.41, 5.74) is 5.31. The number of hydrogen-bond acceptors (Lipinski definition) is 6. The lowest BCUT2D eigenvalue weighted by Gasteiger charge is -2.03. The van der Waals surface area contributed by atoms with Crippen molar-refractivity contribution in [2.75, 3.05) is 19.7 Å². The van der Waals surface area contributed by atoms with Crippen molar-refractivity contribution < 1.29 is 22.4 Å². The van der Waals surface area contributed by atoms with E-state index in [4.69, 9.17) is 14.9 Å². The molecule has 0 unspecified atom stereocenters. The second kappa shape index (κ2) is 8.96. The van der Waals surface area contributed by atoms with Crippen LogP contribution in [0.15, 0.2) is 21.6 Å². The number of sulfonamides is 1. The Morgan fingerprint density at radius 3 is 2.70 bits per heavy atom. The molecule has 1 aromatic heterocycles. The minimum absolute atomic E-state index is 0. The molecule has 0 saturated carbocycles. The van der Waals surface area contributed by atoms with Crippen LogP contribution in [0.2, 0.25) is 0 Å². The summed E-state index contributed by atoms with van der Waals surface area (Å²) in [5, 5.41) is -0.302. The van der Waals surface area contributed by atoms with Crippen LogP contribution in [-0.4, -0.2) is 34.1 Å². The number of nitrogens with one attached hydrogen (secondary N) is 1. The molecule has 7 nitrogen and oxygen atoms in total. The summed E-state index contributed by atoms with van der Waals surface area (Å²) in [6.07, 6.45) is 1.37. The van der Waals surface area contributed by atoms with Gasteiger partial charge in [0.2, 0.25) is 10.9 Å². The summed E-state index contributed by atoms with van der Waals surface area (Å²) in [4.78, 5) is 11.3. The van der Waals surface area contributed by atoms with Crippen molar-refractivity contribution in [2.24, 2.45) is 5.73 Å². The van der Waals surface area contributed by atoms with Gasteiger partial charge in [0.25, 0.3) is 10.0 Å². The third-order valence-corrected chi connectivity index (χ3v) is 3.58. The van der Waals surface area contributed by atoms with Crippen LogP contribution in [0, 0.1) is 0 Å². The minimum atomic E-state index is -3.73.